The number of benzene rings is 1. The van der Waals surface area contributed by atoms with Gasteiger partial charge in [0.1, 0.15) is 5.75 Å². The van der Waals surface area contributed by atoms with Crippen molar-refractivity contribution in [1.29, 1.82) is 0 Å². The summed E-state index contributed by atoms with van der Waals surface area (Å²) in [4.78, 5) is 5.48. The highest BCUT2D eigenvalue weighted by Crippen LogP contribution is 2.24. The first kappa shape index (κ1) is 11.0. The first-order valence-electron chi connectivity index (χ1n) is 5.02. The Morgan fingerprint density at radius 1 is 1.44 bits per heavy atom. The second-order valence-corrected chi connectivity index (χ2v) is 4.92. The van der Waals surface area contributed by atoms with Crippen LogP contribution in [0.15, 0.2) is 24.4 Å². The topological polar surface area (TPSA) is 48.1 Å². The third-order valence-electron chi connectivity index (χ3n) is 2.34. The number of thiazole rings is 1. The third kappa shape index (κ3) is 2.33. The fourth-order valence-corrected chi connectivity index (χ4v) is 2.41. The Morgan fingerprint density at radius 2 is 2.25 bits per heavy atom. The summed E-state index contributed by atoms with van der Waals surface area (Å²) in [6, 6.07) is 5.89. The van der Waals surface area contributed by atoms with Crippen LogP contribution in [0.5, 0.6) is 5.75 Å². The van der Waals surface area contributed by atoms with Crippen molar-refractivity contribution < 1.29 is 4.74 Å². The van der Waals surface area contributed by atoms with Crippen LogP contribution in [0.1, 0.15) is 15.4 Å². The number of anilines is 1. The monoisotopic (exact) mass is 234 g/mol. The Hall–Kier alpha value is -1.55. The van der Waals surface area contributed by atoms with Crippen LogP contribution in [-0.4, -0.2) is 12.1 Å². The molecule has 2 N–H and O–H groups in total. The van der Waals surface area contributed by atoms with Gasteiger partial charge in [-0.15, -0.1) is 11.3 Å². The molecule has 1 heterocycles. The van der Waals surface area contributed by atoms with Crippen molar-refractivity contribution in [2.75, 3.05) is 12.8 Å². The second kappa shape index (κ2) is 4.53. The fraction of sp³-hybridized carbons (Fsp3) is 0.250. The Labute approximate surface area is 98.9 Å². The largest absolute Gasteiger partial charge is 0.495 e. The zero-order valence-corrected chi connectivity index (χ0v) is 10.2. The summed E-state index contributed by atoms with van der Waals surface area (Å²) in [5.41, 5.74) is 7.72. The smallest absolute Gasteiger partial charge is 0.141 e. The molecular formula is C12H14N2OS. The maximum atomic E-state index is 5.85. The number of nitrogen functional groups attached to an aromatic ring is 1. The molecule has 1 aromatic heterocycles. The van der Waals surface area contributed by atoms with Gasteiger partial charge in [0.05, 0.1) is 17.8 Å². The van der Waals surface area contributed by atoms with Crippen molar-refractivity contribution in [3.8, 4) is 5.75 Å². The van der Waals surface area contributed by atoms with Crippen molar-refractivity contribution in [2.45, 2.75) is 13.3 Å². The SMILES string of the molecule is COc1ccc(Cc2cnc(C)s2)cc1N. The number of nitrogens with zero attached hydrogens (tertiary/aromatic N) is 1. The Bertz CT molecular complexity index is 494. The quantitative estimate of drug-likeness (QED) is 0.830. The molecule has 0 radical (unpaired) electrons. The summed E-state index contributed by atoms with van der Waals surface area (Å²) in [7, 11) is 1.62. The van der Waals surface area contributed by atoms with Crippen molar-refractivity contribution in [3.63, 3.8) is 0 Å². The molecule has 0 aliphatic rings. The van der Waals surface area contributed by atoms with E-state index in [2.05, 4.69) is 4.98 Å². The van der Waals surface area contributed by atoms with E-state index in [0.717, 1.165) is 17.2 Å². The number of nitrogens with two attached hydrogens (primary N) is 1. The molecule has 0 spiro atoms. The summed E-state index contributed by atoms with van der Waals surface area (Å²) in [5.74, 6) is 0.726. The molecule has 84 valence electrons. The van der Waals surface area contributed by atoms with Crippen molar-refractivity contribution in [3.05, 3.63) is 39.8 Å². The van der Waals surface area contributed by atoms with Gasteiger partial charge in [-0.3, -0.25) is 0 Å². The highest BCUT2D eigenvalue weighted by Gasteiger charge is 2.03. The van der Waals surface area contributed by atoms with Crippen LogP contribution in [0.4, 0.5) is 5.69 Å². The molecule has 0 aliphatic carbocycles. The number of hydrogen-bond acceptors (Lipinski definition) is 4. The van der Waals surface area contributed by atoms with E-state index in [9.17, 15) is 0 Å². The Kier molecular flexibility index (Phi) is 3.10. The van der Waals surface area contributed by atoms with Crippen LogP contribution >= 0.6 is 11.3 Å². The predicted molar refractivity (Wildman–Crippen MR) is 67.1 cm³/mol. The van der Waals surface area contributed by atoms with Gasteiger partial charge in [-0.2, -0.15) is 0 Å². The number of rotatable bonds is 3. The van der Waals surface area contributed by atoms with Gasteiger partial charge in [-0.05, 0) is 24.6 Å². The van der Waals surface area contributed by atoms with E-state index in [1.54, 1.807) is 18.4 Å². The molecule has 16 heavy (non-hydrogen) atoms. The zero-order chi connectivity index (χ0) is 11.5. The first-order chi connectivity index (χ1) is 7.69. The fourth-order valence-electron chi connectivity index (χ4n) is 1.58. The van der Waals surface area contributed by atoms with E-state index in [4.69, 9.17) is 10.5 Å². The van der Waals surface area contributed by atoms with Gasteiger partial charge in [0.2, 0.25) is 0 Å². The molecule has 1 aromatic carbocycles. The molecule has 2 rings (SSSR count). The minimum atomic E-state index is 0.682. The lowest BCUT2D eigenvalue weighted by Gasteiger charge is -2.06. The van der Waals surface area contributed by atoms with E-state index >= 15 is 0 Å². The minimum absolute atomic E-state index is 0.682. The number of methoxy groups -OCH3 is 1. The highest BCUT2D eigenvalue weighted by molar-refractivity contribution is 7.11. The van der Waals surface area contributed by atoms with Crippen LogP contribution in [-0.2, 0) is 6.42 Å². The molecule has 2 aromatic rings. The van der Waals surface area contributed by atoms with Crippen LogP contribution in [0.2, 0.25) is 0 Å². The minimum Gasteiger partial charge on any atom is -0.495 e. The summed E-state index contributed by atoms with van der Waals surface area (Å²) in [6.07, 6.45) is 2.79. The van der Waals surface area contributed by atoms with Crippen LogP contribution in [0, 0.1) is 6.92 Å². The average molecular weight is 234 g/mol. The molecule has 3 nitrogen and oxygen atoms in total. The maximum absolute atomic E-state index is 5.85. The Balaban J connectivity index is 2.19. The van der Waals surface area contributed by atoms with Crippen molar-refractivity contribution in [2.24, 2.45) is 0 Å². The van der Waals surface area contributed by atoms with Gasteiger partial charge >= 0.3 is 0 Å². The predicted octanol–water partition coefficient (Wildman–Crippen LogP) is 2.63. The molecule has 0 bridgehead atoms. The van der Waals surface area contributed by atoms with Gasteiger partial charge in [0.15, 0.2) is 0 Å². The zero-order valence-electron chi connectivity index (χ0n) is 9.36. The number of aromatic nitrogens is 1. The highest BCUT2D eigenvalue weighted by atomic mass is 32.1. The summed E-state index contributed by atoms with van der Waals surface area (Å²) >= 11 is 1.72. The molecule has 0 unspecified atom stereocenters. The number of ether oxygens (including phenoxy) is 1. The van der Waals surface area contributed by atoms with Gasteiger partial charge < -0.3 is 10.5 Å². The first-order valence-corrected chi connectivity index (χ1v) is 5.84. The molecule has 0 saturated carbocycles. The molecule has 0 atom stereocenters. The van der Waals surface area contributed by atoms with E-state index in [1.165, 1.54) is 10.4 Å². The van der Waals surface area contributed by atoms with E-state index < -0.39 is 0 Å². The summed E-state index contributed by atoms with van der Waals surface area (Å²) in [5, 5.41) is 1.09. The molecular weight excluding hydrogens is 220 g/mol. The van der Waals surface area contributed by atoms with E-state index in [1.807, 2.05) is 31.3 Å². The number of hydrogen-bond donors (Lipinski definition) is 1. The Morgan fingerprint density at radius 3 is 2.81 bits per heavy atom. The van der Waals surface area contributed by atoms with Crippen LogP contribution in [0.25, 0.3) is 0 Å². The number of aryl methyl sites for hydroxylation is 1. The molecule has 0 saturated heterocycles. The normalized spacial score (nSPS) is 10.4. The molecule has 0 amide bonds. The lowest BCUT2D eigenvalue weighted by Crippen LogP contribution is -1.94. The average Bonchev–Trinajstić information content (AvgIpc) is 2.64. The lowest BCUT2D eigenvalue weighted by molar-refractivity contribution is 0.417. The van der Waals surface area contributed by atoms with Gasteiger partial charge in [0, 0.05) is 17.5 Å². The standard InChI is InChI=1S/C12H14N2OS/c1-8-14-7-10(16-8)5-9-3-4-12(15-2)11(13)6-9/h3-4,6-7H,5,13H2,1-2H3. The third-order valence-corrected chi connectivity index (χ3v) is 3.25. The summed E-state index contributed by atoms with van der Waals surface area (Å²) in [6.45, 7) is 2.01. The van der Waals surface area contributed by atoms with Crippen molar-refractivity contribution >= 4 is 17.0 Å². The summed E-state index contributed by atoms with van der Waals surface area (Å²) < 4.78 is 5.12. The van der Waals surface area contributed by atoms with Crippen molar-refractivity contribution in [1.82, 2.24) is 4.98 Å². The second-order valence-electron chi connectivity index (χ2n) is 3.60. The van der Waals surface area contributed by atoms with Gasteiger partial charge in [-0.25, -0.2) is 4.98 Å². The van der Waals surface area contributed by atoms with E-state index in [-0.39, 0.29) is 0 Å². The maximum Gasteiger partial charge on any atom is 0.141 e. The lowest BCUT2D eigenvalue weighted by atomic mass is 10.1. The molecule has 0 fully saturated rings. The molecule has 0 aliphatic heterocycles. The van der Waals surface area contributed by atoms with E-state index in [0.29, 0.717) is 5.69 Å². The van der Waals surface area contributed by atoms with Crippen LogP contribution < -0.4 is 10.5 Å². The molecule has 4 heteroatoms. The van der Waals surface area contributed by atoms with Gasteiger partial charge in [0.25, 0.3) is 0 Å². The van der Waals surface area contributed by atoms with Crippen LogP contribution in [0.3, 0.4) is 0 Å². The van der Waals surface area contributed by atoms with Gasteiger partial charge in [-0.1, -0.05) is 6.07 Å².